The van der Waals surface area contributed by atoms with E-state index in [2.05, 4.69) is 42.2 Å². The number of nitrogens with zero attached hydrogens (tertiary/aromatic N) is 2. The van der Waals surface area contributed by atoms with Gasteiger partial charge in [0.15, 0.2) is 0 Å². The summed E-state index contributed by atoms with van der Waals surface area (Å²) in [4.78, 5) is 6.30. The van der Waals surface area contributed by atoms with Crippen LogP contribution in [-0.2, 0) is 13.1 Å². The second kappa shape index (κ2) is 7.43. The average Bonchev–Trinajstić information content (AvgIpc) is 2.46. The largest absolute Gasteiger partial charge is 0.370 e. The Morgan fingerprint density at radius 3 is 2.57 bits per heavy atom. The van der Waals surface area contributed by atoms with Crippen LogP contribution in [0.5, 0.6) is 0 Å². The number of anilines is 1. The predicted molar refractivity (Wildman–Crippen MR) is 89.8 cm³/mol. The van der Waals surface area contributed by atoms with Crippen LogP contribution in [0.25, 0.3) is 0 Å². The predicted octanol–water partition coefficient (Wildman–Crippen LogP) is 3.87. The lowest BCUT2D eigenvalue weighted by Gasteiger charge is -2.23. The number of aromatic nitrogens is 1. The van der Waals surface area contributed by atoms with Crippen molar-refractivity contribution in [3.05, 3.63) is 58.9 Å². The molecule has 1 aromatic carbocycles. The van der Waals surface area contributed by atoms with E-state index in [0.29, 0.717) is 6.04 Å². The molecule has 0 aliphatic heterocycles. The molecule has 0 aliphatic carbocycles. The quantitative estimate of drug-likeness (QED) is 0.878. The van der Waals surface area contributed by atoms with Gasteiger partial charge < -0.3 is 10.2 Å². The molecule has 0 bridgehead atoms. The van der Waals surface area contributed by atoms with Crippen LogP contribution in [0, 0.1) is 0 Å². The van der Waals surface area contributed by atoms with Gasteiger partial charge in [0.05, 0.1) is 0 Å². The summed E-state index contributed by atoms with van der Waals surface area (Å²) in [6, 6.07) is 10.6. The first-order valence-electron chi connectivity index (χ1n) is 7.18. The van der Waals surface area contributed by atoms with E-state index in [1.165, 1.54) is 16.8 Å². The van der Waals surface area contributed by atoms with Crippen molar-refractivity contribution in [2.24, 2.45) is 0 Å². The SMILES string of the molecule is CC(C)NCc1cc(Cl)ccc1N(C)Cc1ccncc1. The molecule has 0 spiro atoms. The second-order valence-corrected chi connectivity index (χ2v) is 5.96. The molecule has 4 heteroatoms. The molecule has 2 aromatic rings. The summed E-state index contributed by atoms with van der Waals surface area (Å²) in [6.45, 7) is 5.95. The topological polar surface area (TPSA) is 28.2 Å². The van der Waals surface area contributed by atoms with Crippen LogP contribution in [0.1, 0.15) is 25.0 Å². The van der Waals surface area contributed by atoms with E-state index in [0.717, 1.165) is 18.1 Å². The summed E-state index contributed by atoms with van der Waals surface area (Å²) in [6.07, 6.45) is 3.65. The van der Waals surface area contributed by atoms with Crippen LogP contribution in [0.15, 0.2) is 42.7 Å². The fourth-order valence-electron chi connectivity index (χ4n) is 2.23. The van der Waals surface area contributed by atoms with Crippen molar-refractivity contribution in [2.75, 3.05) is 11.9 Å². The smallest absolute Gasteiger partial charge is 0.0427 e. The molecule has 0 atom stereocenters. The molecule has 3 nitrogen and oxygen atoms in total. The van der Waals surface area contributed by atoms with E-state index in [9.17, 15) is 0 Å². The zero-order chi connectivity index (χ0) is 15.2. The van der Waals surface area contributed by atoms with Gasteiger partial charge in [-0.05, 0) is 41.5 Å². The maximum atomic E-state index is 6.14. The zero-order valence-electron chi connectivity index (χ0n) is 12.8. The lowest BCUT2D eigenvalue weighted by atomic mass is 10.1. The zero-order valence-corrected chi connectivity index (χ0v) is 13.6. The highest BCUT2D eigenvalue weighted by Crippen LogP contribution is 2.25. The number of hydrogen-bond acceptors (Lipinski definition) is 3. The Hall–Kier alpha value is -1.58. The third-order valence-corrected chi connectivity index (χ3v) is 3.56. The van der Waals surface area contributed by atoms with Gasteiger partial charge in [0, 0.05) is 49.3 Å². The van der Waals surface area contributed by atoms with Gasteiger partial charge in [-0.25, -0.2) is 0 Å². The standard InChI is InChI=1S/C17H22ClN3/c1-13(2)20-11-15-10-16(18)4-5-17(15)21(3)12-14-6-8-19-9-7-14/h4-10,13,20H,11-12H2,1-3H3. The molecule has 1 N–H and O–H groups in total. The van der Waals surface area contributed by atoms with Crippen molar-refractivity contribution < 1.29 is 0 Å². The monoisotopic (exact) mass is 303 g/mol. The third kappa shape index (κ3) is 4.73. The first-order valence-corrected chi connectivity index (χ1v) is 7.56. The number of benzene rings is 1. The van der Waals surface area contributed by atoms with Gasteiger partial charge >= 0.3 is 0 Å². The summed E-state index contributed by atoms with van der Waals surface area (Å²) in [5.74, 6) is 0. The van der Waals surface area contributed by atoms with Gasteiger partial charge in [-0.3, -0.25) is 4.98 Å². The maximum absolute atomic E-state index is 6.14. The second-order valence-electron chi connectivity index (χ2n) is 5.52. The van der Waals surface area contributed by atoms with Gasteiger partial charge in [-0.1, -0.05) is 25.4 Å². The summed E-state index contributed by atoms with van der Waals surface area (Å²) in [5.41, 5.74) is 3.65. The highest BCUT2D eigenvalue weighted by Gasteiger charge is 2.09. The van der Waals surface area contributed by atoms with Crippen LogP contribution in [0.4, 0.5) is 5.69 Å². The van der Waals surface area contributed by atoms with E-state index < -0.39 is 0 Å². The van der Waals surface area contributed by atoms with Gasteiger partial charge in [-0.2, -0.15) is 0 Å². The number of nitrogens with one attached hydrogen (secondary N) is 1. The Balaban J connectivity index is 2.17. The molecule has 0 saturated heterocycles. The molecule has 2 rings (SSSR count). The maximum Gasteiger partial charge on any atom is 0.0427 e. The van der Waals surface area contributed by atoms with Gasteiger partial charge in [0.25, 0.3) is 0 Å². The lowest BCUT2D eigenvalue weighted by molar-refractivity contribution is 0.588. The van der Waals surface area contributed by atoms with Gasteiger partial charge in [0.1, 0.15) is 0 Å². The molecule has 0 saturated carbocycles. The highest BCUT2D eigenvalue weighted by molar-refractivity contribution is 6.30. The normalized spacial score (nSPS) is 10.9. The van der Waals surface area contributed by atoms with E-state index >= 15 is 0 Å². The van der Waals surface area contributed by atoms with E-state index in [-0.39, 0.29) is 0 Å². The van der Waals surface area contributed by atoms with Crippen LogP contribution in [0.3, 0.4) is 0 Å². The Morgan fingerprint density at radius 2 is 1.90 bits per heavy atom. The van der Waals surface area contributed by atoms with Crippen molar-refractivity contribution in [1.82, 2.24) is 10.3 Å². The Morgan fingerprint density at radius 1 is 1.19 bits per heavy atom. The number of rotatable bonds is 6. The molecule has 1 heterocycles. The minimum Gasteiger partial charge on any atom is -0.370 e. The van der Waals surface area contributed by atoms with Crippen molar-refractivity contribution in [3.8, 4) is 0 Å². The highest BCUT2D eigenvalue weighted by atomic mass is 35.5. The Kier molecular flexibility index (Phi) is 5.59. The molecule has 0 radical (unpaired) electrons. The van der Waals surface area contributed by atoms with E-state index in [1.54, 1.807) is 0 Å². The molecule has 112 valence electrons. The lowest BCUT2D eigenvalue weighted by Crippen LogP contribution is -2.24. The van der Waals surface area contributed by atoms with Crippen LogP contribution >= 0.6 is 11.6 Å². The number of pyridine rings is 1. The Bertz CT molecular complexity index is 570. The minimum atomic E-state index is 0.447. The molecule has 21 heavy (non-hydrogen) atoms. The third-order valence-electron chi connectivity index (χ3n) is 3.32. The molecule has 0 fully saturated rings. The van der Waals surface area contributed by atoms with Crippen LogP contribution < -0.4 is 10.2 Å². The van der Waals surface area contributed by atoms with Gasteiger partial charge in [-0.15, -0.1) is 0 Å². The van der Waals surface area contributed by atoms with Crippen molar-refractivity contribution in [2.45, 2.75) is 33.0 Å². The molecular formula is C17H22ClN3. The average molecular weight is 304 g/mol. The van der Waals surface area contributed by atoms with Crippen LogP contribution in [0.2, 0.25) is 5.02 Å². The fourth-order valence-corrected chi connectivity index (χ4v) is 2.42. The number of hydrogen-bond donors (Lipinski definition) is 1. The molecule has 0 aliphatic rings. The van der Waals surface area contributed by atoms with Crippen molar-refractivity contribution >= 4 is 17.3 Å². The molecular weight excluding hydrogens is 282 g/mol. The fraction of sp³-hybridized carbons (Fsp3) is 0.353. The van der Waals surface area contributed by atoms with Gasteiger partial charge in [0.2, 0.25) is 0 Å². The van der Waals surface area contributed by atoms with Crippen molar-refractivity contribution in [1.29, 1.82) is 0 Å². The number of halogens is 1. The van der Waals surface area contributed by atoms with E-state index in [1.807, 2.05) is 36.7 Å². The first-order chi connectivity index (χ1) is 10.1. The molecule has 1 aromatic heterocycles. The summed E-state index contributed by atoms with van der Waals surface area (Å²) in [7, 11) is 2.10. The van der Waals surface area contributed by atoms with E-state index in [4.69, 9.17) is 11.6 Å². The molecule has 0 unspecified atom stereocenters. The van der Waals surface area contributed by atoms with Crippen molar-refractivity contribution in [3.63, 3.8) is 0 Å². The van der Waals surface area contributed by atoms with Crippen LogP contribution in [-0.4, -0.2) is 18.1 Å². The summed E-state index contributed by atoms with van der Waals surface area (Å²) < 4.78 is 0. The summed E-state index contributed by atoms with van der Waals surface area (Å²) in [5, 5.41) is 4.23. The minimum absolute atomic E-state index is 0.447. The first kappa shape index (κ1) is 15.8. The Labute approximate surface area is 132 Å². The molecule has 0 amide bonds. The summed E-state index contributed by atoms with van der Waals surface area (Å²) >= 11 is 6.14.